The van der Waals surface area contributed by atoms with Gasteiger partial charge in [-0.2, -0.15) is 29.3 Å². The first-order chi connectivity index (χ1) is 18.9. The molecule has 0 bridgehead atoms. The Kier molecular flexibility index (Phi) is 10.8. The minimum absolute atomic E-state index is 0. The SMILES string of the molecule is CC(C)(C)c1cc[cH-]c1.CC1(C)[C-]=Cc2cc3c(cc21)Cc1cc2c(cc1-3)C=CC2(C)C.[Cl-].[Cl-].[Zr+2]=[CH]c1ccccc1. The van der Waals surface area contributed by atoms with E-state index < -0.39 is 0 Å². The van der Waals surface area contributed by atoms with E-state index in [1.54, 1.807) is 0 Å². The van der Waals surface area contributed by atoms with Crippen LogP contribution >= 0.6 is 0 Å². The van der Waals surface area contributed by atoms with E-state index in [-0.39, 0.29) is 35.6 Å². The maximum absolute atomic E-state index is 3.50. The first-order valence-electron chi connectivity index (χ1n) is 14.3. The number of rotatable bonds is 1. The van der Waals surface area contributed by atoms with Gasteiger partial charge in [-0.3, -0.25) is 6.08 Å². The van der Waals surface area contributed by atoms with Crippen molar-refractivity contribution in [3.63, 3.8) is 0 Å². The molecule has 3 aliphatic carbocycles. The molecule has 0 saturated heterocycles. The summed E-state index contributed by atoms with van der Waals surface area (Å²) in [5.41, 5.74) is 14.8. The number of allylic oxidation sites excluding steroid dienone is 2. The predicted molar refractivity (Wildman–Crippen MR) is 170 cm³/mol. The number of hydrogen-bond donors (Lipinski definition) is 0. The van der Waals surface area contributed by atoms with Crippen LogP contribution < -0.4 is 24.8 Å². The van der Waals surface area contributed by atoms with Crippen LogP contribution in [0, 0.1) is 6.08 Å². The molecule has 42 heavy (non-hydrogen) atoms. The van der Waals surface area contributed by atoms with Crippen molar-refractivity contribution >= 4 is 15.9 Å². The van der Waals surface area contributed by atoms with Crippen LogP contribution in [0.15, 0.2) is 84.9 Å². The maximum atomic E-state index is 3.50. The van der Waals surface area contributed by atoms with Crippen molar-refractivity contribution in [2.75, 3.05) is 0 Å². The van der Waals surface area contributed by atoms with E-state index >= 15 is 0 Å². The molecule has 0 atom stereocenters. The van der Waals surface area contributed by atoms with Gasteiger partial charge in [0.15, 0.2) is 0 Å². The molecule has 0 heterocycles. The first-order valence-corrected chi connectivity index (χ1v) is 15.7. The van der Waals surface area contributed by atoms with Crippen LogP contribution in [-0.2, 0) is 46.9 Å². The van der Waals surface area contributed by atoms with Gasteiger partial charge < -0.3 is 24.8 Å². The van der Waals surface area contributed by atoms with Crippen molar-refractivity contribution in [3.8, 4) is 11.1 Å². The summed E-state index contributed by atoms with van der Waals surface area (Å²) in [6, 6.07) is 28.5. The molecule has 0 aromatic heterocycles. The molecular weight excluding hydrogens is 631 g/mol. The molecule has 0 N–H and O–H groups in total. The van der Waals surface area contributed by atoms with Crippen LogP contribution in [-0.4, -0.2) is 3.71 Å². The van der Waals surface area contributed by atoms with E-state index in [4.69, 9.17) is 0 Å². The van der Waals surface area contributed by atoms with Crippen LogP contribution in [0.2, 0.25) is 0 Å². The second-order valence-corrected chi connectivity index (χ2v) is 14.0. The minimum atomic E-state index is 0. The fraction of sp³-hybridized carbons (Fsp3) is 0.282. The molecule has 0 nitrogen and oxygen atoms in total. The Morgan fingerprint density at radius 3 is 1.98 bits per heavy atom. The Morgan fingerprint density at radius 1 is 0.833 bits per heavy atom. The fourth-order valence-electron chi connectivity index (χ4n) is 5.83. The first kappa shape index (κ1) is 34.3. The van der Waals surface area contributed by atoms with Crippen molar-refractivity contribution in [2.45, 2.75) is 71.1 Å². The summed E-state index contributed by atoms with van der Waals surface area (Å²) in [6.07, 6.45) is 11.4. The molecule has 0 aliphatic heterocycles. The van der Waals surface area contributed by atoms with Crippen molar-refractivity contribution in [3.05, 3.63) is 136 Å². The molecule has 0 fully saturated rings. The van der Waals surface area contributed by atoms with Gasteiger partial charge in [0.2, 0.25) is 0 Å². The van der Waals surface area contributed by atoms with Gasteiger partial charge in [-0.15, -0.1) is 11.6 Å². The summed E-state index contributed by atoms with van der Waals surface area (Å²) in [5.74, 6) is 0. The Balaban J connectivity index is 0.000000212. The average Bonchev–Trinajstić information content (AvgIpc) is 3.70. The standard InChI is InChI=1S/C23H21.C9H13.C7H6.2ClH.Zr/c1-22(2)7-5-14-10-18-16(12-20(14)22)9-17-13-21-15(11-19(17)18)6-8-23(21,3)4;1-9(2,3)8-6-4-5-7-8;1-7-5-3-2-4-6-7;;;/h5-7,10-13H,9H2,1-4H3;4-7H,1-3H3;1-6H;2*1H;/q2*-1;;;;+2/p-2. The Bertz CT molecular complexity index is 1520. The van der Waals surface area contributed by atoms with E-state index in [2.05, 4.69) is 149 Å². The number of fused-ring (bicyclic) bond motifs is 5. The Hall–Kier alpha value is -2.18. The van der Waals surface area contributed by atoms with Crippen LogP contribution in [0.4, 0.5) is 0 Å². The van der Waals surface area contributed by atoms with E-state index in [9.17, 15) is 0 Å². The summed E-state index contributed by atoms with van der Waals surface area (Å²) in [5, 5.41) is 0. The zero-order valence-electron chi connectivity index (χ0n) is 25.8. The van der Waals surface area contributed by atoms with Crippen molar-refractivity contribution < 1.29 is 49.0 Å². The molecule has 3 heteroatoms. The van der Waals surface area contributed by atoms with Gasteiger partial charge in [0, 0.05) is 5.41 Å². The summed E-state index contributed by atoms with van der Waals surface area (Å²) >= 11 is 1.46. The van der Waals surface area contributed by atoms with E-state index in [1.165, 1.54) is 79.9 Å². The topological polar surface area (TPSA) is 0 Å². The molecule has 3 aliphatic rings. The van der Waals surface area contributed by atoms with Crippen molar-refractivity contribution in [1.82, 2.24) is 0 Å². The molecule has 216 valence electrons. The third-order valence-corrected chi connectivity index (χ3v) is 9.17. The van der Waals surface area contributed by atoms with Crippen molar-refractivity contribution in [1.29, 1.82) is 0 Å². The summed E-state index contributed by atoms with van der Waals surface area (Å²) in [4.78, 5) is 0. The molecule has 4 aromatic carbocycles. The average molecular weight is 671 g/mol. The van der Waals surface area contributed by atoms with Crippen molar-refractivity contribution in [2.24, 2.45) is 0 Å². The quantitative estimate of drug-likeness (QED) is 0.239. The van der Waals surface area contributed by atoms with Gasteiger partial charge in [0.05, 0.1) is 0 Å². The number of hydrogen-bond acceptors (Lipinski definition) is 0. The molecule has 0 radical (unpaired) electrons. The Labute approximate surface area is 280 Å². The zero-order chi connectivity index (χ0) is 28.7. The number of halogens is 2. The monoisotopic (exact) mass is 668 g/mol. The molecular formula is C39H40Cl2Zr-2. The molecule has 4 aromatic rings. The molecule has 0 spiro atoms. The van der Waals surface area contributed by atoms with Crippen LogP contribution in [0.3, 0.4) is 0 Å². The summed E-state index contributed by atoms with van der Waals surface area (Å²) in [6.45, 7) is 15.8. The second kappa shape index (κ2) is 13.2. The predicted octanol–water partition coefficient (Wildman–Crippen LogP) is 3.76. The van der Waals surface area contributed by atoms with Gasteiger partial charge >= 0.3 is 63.8 Å². The molecule has 0 saturated carbocycles. The van der Waals surface area contributed by atoms with Gasteiger partial charge in [-0.05, 0) is 45.9 Å². The van der Waals surface area contributed by atoms with Crippen LogP contribution in [0.25, 0.3) is 23.3 Å². The molecule has 0 amide bonds. The number of benzene rings is 3. The van der Waals surface area contributed by atoms with Gasteiger partial charge in [-0.25, -0.2) is 12.1 Å². The molecule has 7 rings (SSSR count). The third kappa shape index (κ3) is 7.13. The van der Waals surface area contributed by atoms with E-state index in [1.807, 2.05) is 6.07 Å². The third-order valence-electron chi connectivity index (χ3n) is 8.35. The van der Waals surface area contributed by atoms with Crippen LogP contribution in [0.5, 0.6) is 0 Å². The molecule has 0 unspecified atom stereocenters. The second-order valence-electron chi connectivity index (χ2n) is 13.3. The normalized spacial score (nSPS) is 15.4. The Morgan fingerprint density at radius 2 is 1.45 bits per heavy atom. The van der Waals surface area contributed by atoms with Gasteiger partial charge in [-0.1, -0.05) is 83.6 Å². The van der Waals surface area contributed by atoms with Gasteiger partial charge in [0.25, 0.3) is 0 Å². The van der Waals surface area contributed by atoms with Crippen LogP contribution in [0.1, 0.15) is 93.0 Å². The summed E-state index contributed by atoms with van der Waals surface area (Å²) in [7, 11) is 0. The van der Waals surface area contributed by atoms with E-state index in [0.717, 1.165) is 6.42 Å². The summed E-state index contributed by atoms with van der Waals surface area (Å²) < 4.78 is 2.17. The van der Waals surface area contributed by atoms with E-state index in [0.29, 0.717) is 5.41 Å². The fourth-order valence-corrected chi connectivity index (χ4v) is 6.30. The zero-order valence-corrected chi connectivity index (χ0v) is 29.7. The van der Waals surface area contributed by atoms with Gasteiger partial charge in [0.1, 0.15) is 0 Å².